The number of anilines is 1. The summed E-state index contributed by atoms with van der Waals surface area (Å²) in [5.74, 6) is 0.367. The first-order chi connectivity index (χ1) is 8.98. The zero-order valence-electron chi connectivity index (χ0n) is 10.2. The van der Waals surface area contributed by atoms with Crippen LogP contribution in [0.2, 0.25) is 10.0 Å². The van der Waals surface area contributed by atoms with Crippen molar-refractivity contribution in [3.05, 3.63) is 28.2 Å². The van der Waals surface area contributed by atoms with Crippen LogP contribution in [0.4, 0.5) is 10.5 Å². The maximum Gasteiger partial charge on any atom is 0.322 e. The van der Waals surface area contributed by atoms with Crippen molar-refractivity contribution in [2.45, 2.75) is 18.4 Å². The topological polar surface area (TPSA) is 52.6 Å². The van der Waals surface area contributed by atoms with Gasteiger partial charge in [0.2, 0.25) is 0 Å². The van der Waals surface area contributed by atoms with Gasteiger partial charge in [-0.15, -0.1) is 0 Å². The van der Waals surface area contributed by atoms with Crippen LogP contribution in [-0.2, 0) is 0 Å². The van der Waals surface area contributed by atoms with E-state index >= 15 is 0 Å². The van der Waals surface area contributed by atoms with Crippen molar-refractivity contribution in [2.24, 2.45) is 5.92 Å². The monoisotopic (exact) mass is 300 g/mol. The van der Waals surface area contributed by atoms with E-state index in [2.05, 4.69) is 5.32 Å². The molecular formula is C13H14Cl2N2O2. The zero-order chi connectivity index (χ0) is 13.6. The molecule has 1 saturated heterocycles. The van der Waals surface area contributed by atoms with E-state index in [1.165, 1.54) is 0 Å². The van der Waals surface area contributed by atoms with Gasteiger partial charge in [-0.3, -0.25) is 0 Å². The number of likely N-dealkylation sites (tertiary alicyclic amines) is 1. The molecule has 0 spiro atoms. The van der Waals surface area contributed by atoms with E-state index in [-0.39, 0.29) is 6.03 Å². The molecule has 0 bridgehead atoms. The van der Waals surface area contributed by atoms with Gasteiger partial charge in [-0.25, -0.2) is 4.79 Å². The summed E-state index contributed by atoms with van der Waals surface area (Å²) in [5, 5.41) is 13.8. The molecule has 2 aliphatic rings. The Morgan fingerprint density at radius 1 is 1.37 bits per heavy atom. The zero-order valence-corrected chi connectivity index (χ0v) is 11.7. The fourth-order valence-corrected chi connectivity index (χ4v) is 2.76. The minimum absolute atomic E-state index is 0.255. The molecule has 2 amide bonds. The van der Waals surface area contributed by atoms with E-state index in [0.717, 1.165) is 12.8 Å². The fraction of sp³-hybridized carbons (Fsp3) is 0.462. The van der Waals surface area contributed by atoms with E-state index < -0.39 is 5.60 Å². The van der Waals surface area contributed by atoms with Crippen molar-refractivity contribution in [3.63, 3.8) is 0 Å². The van der Waals surface area contributed by atoms with Crippen LogP contribution in [0, 0.1) is 5.92 Å². The number of aliphatic hydroxyl groups is 1. The Morgan fingerprint density at radius 2 is 2.05 bits per heavy atom. The van der Waals surface area contributed by atoms with Crippen LogP contribution in [0.5, 0.6) is 0 Å². The number of halogens is 2. The number of β-amino-alcohol motifs (C(OH)–C–C–N with tert-alkyl or cyclic N) is 1. The predicted octanol–water partition coefficient (Wildman–Crippen LogP) is 2.98. The van der Waals surface area contributed by atoms with Gasteiger partial charge in [0.15, 0.2) is 0 Å². The van der Waals surface area contributed by atoms with Crippen molar-refractivity contribution in [1.29, 1.82) is 0 Å². The Kier molecular flexibility index (Phi) is 3.12. The summed E-state index contributed by atoms with van der Waals surface area (Å²) in [7, 11) is 0. The summed E-state index contributed by atoms with van der Waals surface area (Å²) in [6.07, 6.45) is 2.12. The van der Waals surface area contributed by atoms with Crippen molar-refractivity contribution >= 4 is 34.9 Å². The van der Waals surface area contributed by atoms with Gasteiger partial charge in [-0.05, 0) is 37.0 Å². The van der Waals surface area contributed by atoms with Crippen LogP contribution in [0.15, 0.2) is 18.2 Å². The molecule has 102 valence electrons. The molecule has 1 saturated carbocycles. The fourth-order valence-electron chi connectivity index (χ4n) is 2.42. The normalized spacial score (nSPS) is 20.9. The van der Waals surface area contributed by atoms with Gasteiger partial charge in [0.25, 0.3) is 0 Å². The van der Waals surface area contributed by atoms with Gasteiger partial charge in [0.1, 0.15) is 5.60 Å². The molecule has 4 nitrogen and oxygen atoms in total. The number of carbonyl (C=O) groups is 1. The molecule has 19 heavy (non-hydrogen) atoms. The van der Waals surface area contributed by atoms with Crippen LogP contribution in [0.1, 0.15) is 12.8 Å². The summed E-state index contributed by atoms with van der Waals surface area (Å²) in [4.78, 5) is 13.6. The van der Waals surface area contributed by atoms with Gasteiger partial charge in [-0.1, -0.05) is 23.2 Å². The van der Waals surface area contributed by atoms with Crippen molar-refractivity contribution in [2.75, 3.05) is 18.4 Å². The molecule has 0 atom stereocenters. The summed E-state index contributed by atoms with van der Waals surface area (Å²) in [6, 6.07) is 4.65. The van der Waals surface area contributed by atoms with Crippen molar-refractivity contribution in [1.82, 2.24) is 4.90 Å². The second kappa shape index (κ2) is 4.54. The quantitative estimate of drug-likeness (QED) is 0.882. The van der Waals surface area contributed by atoms with E-state index in [9.17, 15) is 9.90 Å². The molecule has 1 aromatic rings. The number of carbonyl (C=O) groups excluding carboxylic acids is 1. The Morgan fingerprint density at radius 3 is 2.68 bits per heavy atom. The molecule has 1 aliphatic heterocycles. The SMILES string of the molecule is O=C(Nc1cc(Cl)ccc1Cl)N1CC(O)(C2CC2)C1. The maximum absolute atomic E-state index is 12.0. The smallest absolute Gasteiger partial charge is 0.322 e. The lowest BCUT2D eigenvalue weighted by molar-refractivity contribution is -0.0897. The largest absolute Gasteiger partial charge is 0.386 e. The third-order valence-corrected chi connectivity index (χ3v) is 4.29. The Bertz CT molecular complexity index is 525. The molecule has 0 radical (unpaired) electrons. The van der Waals surface area contributed by atoms with Gasteiger partial charge >= 0.3 is 6.03 Å². The number of urea groups is 1. The highest BCUT2D eigenvalue weighted by Gasteiger charge is 2.53. The highest BCUT2D eigenvalue weighted by atomic mass is 35.5. The van der Waals surface area contributed by atoms with Crippen molar-refractivity contribution in [3.8, 4) is 0 Å². The molecule has 6 heteroatoms. The minimum Gasteiger partial charge on any atom is -0.386 e. The van der Waals surface area contributed by atoms with Crippen LogP contribution in [0.25, 0.3) is 0 Å². The van der Waals surface area contributed by atoms with Crippen molar-refractivity contribution < 1.29 is 9.90 Å². The second-order valence-corrected chi connectivity index (χ2v) is 6.13. The summed E-state index contributed by atoms with van der Waals surface area (Å²) in [6.45, 7) is 0.781. The molecule has 1 aliphatic carbocycles. The average Bonchev–Trinajstić information content (AvgIpc) is 3.14. The molecule has 1 aromatic carbocycles. The van der Waals surface area contributed by atoms with Gasteiger partial charge in [0.05, 0.1) is 23.8 Å². The first-order valence-corrected chi connectivity index (χ1v) is 6.97. The number of benzene rings is 1. The highest BCUT2D eigenvalue weighted by Crippen LogP contribution is 2.44. The first-order valence-electron chi connectivity index (χ1n) is 6.21. The molecule has 3 rings (SSSR count). The van der Waals surface area contributed by atoms with E-state index in [1.54, 1.807) is 23.1 Å². The molecular weight excluding hydrogens is 287 g/mol. The Hall–Kier alpha value is -0.970. The number of nitrogens with zero attached hydrogens (tertiary/aromatic N) is 1. The standard InChI is InChI=1S/C13H14Cl2N2O2/c14-9-3-4-10(15)11(5-9)16-12(18)17-6-13(19,7-17)8-1-2-8/h3-5,8,19H,1-2,6-7H2,(H,16,18). The molecule has 0 unspecified atom stereocenters. The summed E-state index contributed by atoms with van der Waals surface area (Å²) < 4.78 is 0. The van der Waals surface area contributed by atoms with Crippen LogP contribution in [-0.4, -0.2) is 34.7 Å². The molecule has 1 heterocycles. The Balaban J connectivity index is 1.61. The minimum atomic E-state index is -0.671. The van der Waals surface area contributed by atoms with E-state index in [0.29, 0.717) is 34.7 Å². The molecule has 0 aromatic heterocycles. The van der Waals surface area contributed by atoms with Gasteiger partial charge < -0.3 is 15.3 Å². The van der Waals surface area contributed by atoms with Crippen LogP contribution >= 0.6 is 23.2 Å². The molecule has 2 N–H and O–H groups in total. The third-order valence-electron chi connectivity index (χ3n) is 3.72. The summed E-state index contributed by atoms with van der Waals surface area (Å²) in [5.41, 5.74) is -0.184. The Labute approximate surface area is 121 Å². The van der Waals surface area contributed by atoms with E-state index in [1.807, 2.05) is 0 Å². The lowest BCUT2D eigenvalue weighted by Gasteiger charge is -2.46. The predicted molar refractivity (Wildman–Crippen MR) is 74.7 cm³/mol. The summed E-state index contributed by atoms with van der Waals surface area (Å²) >= 11 is 11.8. The third kappa shape index (κ3) is 2.53. The number of rotatable bonds is 2. The van der Waals surface area contributed by atoms with E-state index in [4.69, 9.17) is 23.2 Å². The van der Waals surface area contributed by atoms with Gasteiger partial charge in [-0.2, -0.15) is 0 Å². The molecule has 2 fully saturated rings. The average molecular weight is 301 g/mol. The number of hydrogen-bond donors (Lipinski definition) is 2. The van der Waals surface area contributed by atoms with Gasteiger partial charge in [0, 0.05) is 5.02 Å². The number of hydrogen-bond acceptors (Lipinski definition) is 2. The highest BCUT2D eigenvalue weighted by molar-refractivity contribution is 6.35. The number of amides is 2. The number of nitrogens with one attached hydrogen (secondary N) is 1. The van der Waals surface area contributed by atoms with Crippen LogP contribution < -0.4 is 5.32 Å². The first kappa shape index (κ1) is 13.0. The maximum atomic E-state index is 12.0. The lowest BCUT2D eigenvalue weighted by Crippen LogP contribution is -2.65. The second-order valence-electron chi connectivity index (χ2n) is 5.29. The lowest BCUT2D eigenvalue weighted by atomic mass is 9.89. The van der Waals surface area contributed by atoms with Crippen LogP contribution in [0.3, 0.4) is 0 Å².